The predicted octanol–water partition coefficient (Wildman–Crippen LogP) is 2.73. The molecule has 0 radical (unpaired) electrons. The number of aromatic nitrogens is 2. The second kappa shape index (κ2) is 6.04. The standard InChI is InChI=1S/C13H16ClN3O2/c1-3-4-11-16-13(17-19-11)12(15)8-5-6-10(18-2)9(14)7-8/h5-7,12H,3-4,15H2,1-2H3. The first-order valence-corrected chi connectivity index (χ1v) is 6.45. The quantitative estimate of drug-likeness (QED) is 0.912. The normalized spacial score (nSPS) is 12.4. The van der Waals surface area contributed by atoms with E-state index in [2.05, 4.69) is 10.1 Å². The molecule has 1 aromatic carbocycles. The number of hydrogen-bond acceptors (Lipinski definition) is 5. The van der Waals surface area contributed by atoms with Gasteiger partial charge in [-0.1, -0.05) is 29.7 Å². The van der Waals surface area contributed by atoms with Crippen LogP contribution in [0.3, 0.4) is 0 Å². The number of aryl methyl sites for hydroxylation is 1. The molecule has 19 heavy (non-hydrogen) atoms. The molecule has 0 aliphatic rings. The Hall–Kier alpha value is -1.59. The largest absolute Gasteiger partial charge is 0.495 e. The number of ether oxygens (including phenoxy) is 1. The van der Waals surface area contributed by atoms with Crippen molar-refractivity contribution >= 4 is 11.6 Å². The van der Waals surface area contributed by atoms with Gasteiger partial charge in [0.1, 0.15) is 5.75 Å². The van der Waals surface area contributed by atoms with Crippen LogP contribution < -0.4 is 10.5 Å². The van der Waals surface area contributed by atoms with Crippen molar-refractivity contribution in [3.8, 4) is 5.75 Å². The van der Waals surface area contributed by atoms with Gasteiger partial charge in [-0.2, -0.15) is 4.98 Å². The van der Waals surface area contributed by atoms with E-state index in [0.717, 1.165) is 18.4 Å². The molecule has 0 aliphatic heterocycles. The maximum absolute atomic E-state index is 6.10. The Balaban J connectivity index is 2.22. The van der Waals surface area contributed by atoms with Crippen molar-refractivity contribution in [2.24, 2.45) is 5.73 Å². The SMILES string of the molecule is CCCc1nc(C(N)c2ccc(OC)c(Cl)c2)no1. The Morgan fingerprint density at radius 2 is 2.26 bits per heavy atom. The van der Waals surface area contributed by atoms with Crippen molar-refractivity contribution in [1.82, 2.24) is 10.1 Å². The molecule has 0 bridgehead atoms. The van der Waals surface area contributed by atoms with E-state index in [4.69, 9.17) is 26.6 Å². The Morgan fingerprint density at radius 1 is 1.47 bits per heavy atom. The summed E-state index contributed by atoms with van der Waals surface area (Å²) in [6.07, 6.45) is 1.70. The third-order valence-corrected chi connectivity index (χ3v) is 3.06. The van der Waals surface area contributed by atoms with Crippen LogP contribution in [0.1, 0.15) is 36.7 Å². The van der Waals surface area contributed by atoms with Gasteiger partial charge in [0.25, 0.3) is 0 Å². The summed E-state index contributed by atoms with van der Waals surface area (Å²) in [5.74, 6) is 1.68. The van der Waals surface area contributed by atoms with Crippen LogP contribution in [-0.2, 0) is 6.42 Å². The maximum Gasteiger partial charge on any atom is 0.226 e. The second-order valence-corrected chi connectivity index (χ2v) is 4.58. The Labute approximate surface area is 116 Å². The van der Waals surface area contributed by atoms with Crippen LogP contribution >= 0.6 is 11.6 Å². The van der Waals surface area contributed by atoms with Crippen LogP contribution in [0.25, 0.3) is 0 Å². The van der Waals surface area contributed by atoms with Gasteiger partial charge in [-0.25, -0.2) is 0 Å². The van der Waals surface area contributed by atoms with Crippen LogP contribution in [0.15, 0.2) is 22.7 Å². The summed E-state index contributed by atoms with van der Waals surface area (Å²) < 4.78 is 10.2. The first-order chi connectivity index (χ1) is 9.15. The van der Waals surface area contributed by atoms with Crippen molar-refractivity contribution in [2.45, 2.75) is 25.8 Å². The van der Waals surface area contributed by atoms with Crippen molar-refractivity contribution in [1.29, 1.82) is 0 Å². The Kier molecular flexibility index (Phi) is 4.39. The molecule has 1 heterocycles. The number of methoxy groups -OCH3 is 1. The lowest BCUT2D eigenvalue weighted by molar-refractivity contribution is 0.370. The fourth-order valence-corrected chi connectivity index (χ4v) is 2.00. The fourth-order valence-electron chi connectivity index (χ4n) is 1.73. The zero-order chi connectivity index (χ0) is 13.8. The summed E-state index contributed by atoms with van der Waals surface area (Å²) in [6.45, 7) is 2.05. The second-order valence-electron chi connectivity index (χ2n) is 4.17. The lowest BCUT2D eigenvalue weighted by Crippen LogP contribution is -2.13. The first kappa shape index (κ1) is 13.8. The summed E-state index contributed by atoms with van der Waals surface area (Å²) in [5, 5.41) is 4.41. The minimum absolute atomic E-state index is 0.460. The molecule has 0 fully saturated rings. The van der Waals surface area contributed by atoms with Crippen molar-refractivity contribution in [3.63, 3.8) is 0 Å². The lowest BCUT2D eigenvalue weighted by atomic mass is 10.1. The molecular formula is C13H16ClN3O2. The van der Waals surface area contributed by atoms with Crippen molar-refractivity contribution in [2.75, 3.05) is 7.11 Å². The molecule has 1 atom stereocenters. The zero-order valence-corrected chi connectivity index (χ0v) is 11.6. The summed E-state index contributed by atoms with van der Waals surface area (Å²) >= 11 is 6.07. The highest BCUT2D eigenvalue weighted by molar-refractivity contribution is 6.32. The molecule has 1 unspecified atom stereocenters. The van der Waals surface area contributed by atoms with Crippen LogP contribution in [0.2, 0.25) is 5.02 Å². The molecule has 0 amide bonds. The third kappa shape index (κ3) is 3.05. The average molecular weight is 282 g/mol. The Morgan fingerprint density at radius 3 is 2.89 bits per heavy atom. The van der Waals surface area contributed by atoms with E-state index in [1.807, 2.05) is 13.0 Å². The number of hydrogen-bond donors (Lipinski definition) is 1. The van der Waals surface area contributed by atoms with E-state index in [-0.39, 0.29) is 0 Å². The van der Waals surface area contributed by atoms with Gasteiger partial charge in [0.05, 0.1) is 18.2 Å². The molecule has 6 heteroatoms. The number of halogens is 1. The monoisotopic (exact) mass is 281 g/mol. The fraction of sp³-hybridized carbons (Fsp3) is 0.385. The van der Waals surface area contributed by atoms with E-state index < -0.39 is 6.04 Å². The first-order valence-electron chi connectivity index (χ1n) is 6.07. The summed E-state index contributed by atoms with van der Waals surface area (Å²) in [7, 11) is 1.57. The van der Waals surface area contributed by atoms with Gasteiger partial charge in [0.2, 0.25) is 5.89 Å². The van der Waals surface area contributed by atoms with Gasteiger partial charge >= 0.3 is 0 Å². The van der Waals surface area contributed by atoms with Crippen molar-refractivity contribution < 1.29 is 9.26 Å². The van der Waals surface area contributed by atoms with Gasteiger partial charge in [-0.3, -0.25) is 0 Å². The molecule has 2 rings (SSSR count). The van der Waals surface area contributed by atoms with Crippen LogP contribution in [-0.4, -0.2) is 17.3 Å². The number of benzene rings is 1. The molecule has 5 nitrogen and oxygen atoms in total. The summed E-state index contributed by atoms with van der Waals surface area (Å²) in [5.41, 5.74) is 6.92. The average Bonchev–Trinajstić information content (AvgIpc) is 2.87. The van der Waals surface area contributed by atoms with E-state index in [1.54, 1.807) is 19.2 Å². The maximum atomic E-state index is 6.10. The highest BCUT2D eigenvalue weighted by Gasteiger charge is 2.17. The molecule has 1 aromatic heterocycles. The van der Waals surface area contributed by atoms with E-state index in [9.17, 15) is 0 Å². The van der Waals surface area contributed by atoms with Crippen molar-refractivity contribution in [3.05, 3.63) is 40.5 Å². The van der Waals surface area contributed by atoms with Crippen LogP contribution in [0.5, 0.6) is 5.75 Å². The topological polar surface area (TPSA) is 74.2 Å². The Bertz CT molecular complexity index is 557. The molecule has 0 aliphatic carbocycles. The number of rotatable bonds is 5. The van der Waals surface area contributed by atoms with E-state index >= 15 is 0 Å². The minimum atomic E-state index is -0.460. The van der Waals surface area contributed by atoms with Gasteiger partial charge < -0.3 is 15.0 Å². The number of nitrogens with zero attached hydrogens (tertiary/aromatic N) is 2. The molecule has 0 saturated heterocycles. The molecule has 0 spiro atoms. The molecule has 2 aromatic rings. The molecule has 0 saturated carbocycles. The summed E-state index contributed by atoms with van der Waals surface area (Å²) in [4.78, 5) is 4.27. The smallest absolute Gasteiger partial charge is 0.226 e. The van der Waals surface area contributed by atoms with Crippen LogP contribution in [0, 0.1) is 0 Å². The molecule has 102 valence electrons. The highest BCUT2D eigenvalue weighted by atomic mass is 35.5. The lowest BCUT2D eigenvalue weighted by Gasteiger charge is -2.09. The highest BCUT2D eigenvalue weighted by Crippen LogP contribution is 2.28. The van der Waals surface area contributed by atoms with Gasteiger partial charge in [0, 0.05) is 6.42 Å². The minimum Gasteiger partial charge on any atom is -0.495 e. The predicted molar refractivity (Wildman–Crippen MR) is 72.3 cm³/mol. The van der Waals surface area contributed by atoms with Gasteiger partial charge in [-0.05, 0) is 24.1 Å². The zero-order valence-electron chi connectivity index (χ0n) is 10.9. The molecule has 2 N–H and O–H groups in total. The van der Waals surface area contributed by atoms with Gasteiger partial charge in [-0.15, -0.1) is 0 Å². The molecular weight excluding hydrogens is 266 g/mol. The van der Waals surface area contributed by atoms with E-state index in [0.29, 0.717) is 22.5 Å². The number of nitrogens with two attached hydrogens (primary N) is 1. The summed E-state index contributed by atoms with van der Waals surface area (Å²) in [6, 6.07) is 4.90. The van der Waals surface area contributed by atoms with Crippen LogP contribution in [0.4, 0.5) is 0 Å². The third-order valence-electron chi connectivity index (χ3n) is 2.76. The van der Waals surface area contributed by atoms with Gasteiger partial charge in [0.15, 0.2) is 5.82 Å². The van der Waals surface area contributed by atoms with E-state index in [1.165, 1.54) is 0 Å².